The van der Waals surface area contributed by atoms with Gasteiger partial charge in [0, 0.05) is 55.3 Å². The van der Waals surface area contributed by atoms with Gasteiger partial charge in [-0.2, -0.15) is 4.37 Å². The van der Waals surface area contributed by atoms with Crippen LogP contribution >= 0.6 is 11.5 Å². The summed E-state index contributed by atoms with van der Waals surface area (Å²) in [5.74, 6) is 1.60. The topological polar surface area (TPSA) is 103 Å². The standard InChI is InChI=1S/C24H26N4O5S/c1-4-21(31-3)33-20-13-17(22(29)26-24-25-15(2)27-34-24)12-19(14-20)32-18-8-6-16(7-9-18)23(30)28-10-5-11-28/h6-9,12-14,21H,4-5,10-11H2,1-3H3,(H,25,26,27,29). The van der Waals surface area contributed by atoms with Crippen molar-refractivity contribution in [2.24, 2.45) is 0 Å². The van der Waals surface area contributed by atoms with E-state index in [0.717, 1.165) is 31.0 Å². The van der Waals surface area contributed by atoms with Crippen molar-refractivity contribution in [2.45, 2.75) is 33.0 Å². The molecule has 0 spiro atoms. The molecule has 0 bridgehead atoms. The molecular formula is C24H26N4O5S. The number of anilines is 1. The minimum atomic E-state index is -0.469. The molecule has 2 aromatic carbocycles. The number of aromatic nitrogens is 2. The van der Waals surface area contributed by atoms with Gasteiger partial charge in [-0.3, -0.25) is 14.9 Å². The first-order valence-electron chi connectivity index (χ1n) is 11.0. The summed E-state index contributed by atoms with van der Waals surface area (Å²) in [5, 5.41) is 3.15. The quantitative estimate of drug-likeness (QED) is 0.448. The number of methoxy groups -OCH3 is 1. The van der Waals surface area contributed by atoms with Crippen LogP contribution in [0.1, 0.15) is 46.3 Å². The Kier molecular flexibility index (Phi) is 7.39. The highest BCUT2D eigenvalue weighted by molar-refractivity contribution is 7.09. The Bertz CT molecular complexity index is 1160. The molecule has 0 aliphatic carbocycles. The van der Waals surface area contributed by atoms with Gasteiger partial charge >= 0.3 is 0 Å². The summed E-state index contributed by atoms with van der Waals surface area (Å²) < 4.78 is 21.3. The van der Waals surface area contributed by atoms with E-state index in [1.54, 1.807) is 61.4 Å². The largest absolute Gasteiger partial charge is 0.465 e. The molecule has 178 valence electrons. The summed E-state index contributed by atoms with van der Waals surface area (Å²) in [6, 6.07) is 11.9. The lowest BCUT2D eigenvalue weighted by Crippen LogP contribution is -2.41. The highest BCUT2D eigenvalue weighted by atomic mass is 32.1. The number of ether oxygens (including phenoxy) is 3. The second kappa shape index (κ2) is 10.6. The van der Waals surface area contributed by atoms with Crippen LogP contribution in [-0.2, 0) is 4.74 Å². The van der Waals surface area contributed by atoms with Crippen molar-refractivity contribution in [3.63, 3.8) is 0 Å². The lowest BCUT2D eigenvalue weighted by atomic mass is 10.1. The lowest BCUT2D eigenvalue weighted by Gasteiger charge is -2.30. The maximum absolute atomic E-state index is 12.9. The lowest BCUT2D eigenvalue weighted by molar-refractivity contribution is -0.0549. The molecule has 2 heterocycles. The summed E-state index contributed by atoms with van der Waals surface area (Å²) in [5.41, 5.74) is 0.943. The maximum atomic E-state index is 12.9. The highest BCUT2D eigenvalue weighted by Gasteiger charge is 2.21. The van der Waals surface area contributed by atoms with Crippen LogP contribution in [0.4, 0.5) is 5.13 Å². The van der Waals surface area contributed by atoms with Gasteiger partial charge in [0.05, 0.1) is 0 Å². The SMILES string of the molecule is CCC(OC)Oc1cc(Oc2ccc(C(=O)N3CCC3)cc2)cc(C(=O)Nc2nc(C)ns2)c1. The normalized spacial score (nSPS) is 13.7. The number of aryl methyl sites for hydroxylation is 1. The van der Waals surface area contributed by atoms with Crippen LogP contribution in [0.2, 0.25) is 0 Å². The van der Waals surface area contributed by atoms with Crippen LogP contribution < -0.4 is 14.8 Å². The van der Waals surface area contributed by atoms with Gasteiger partial charge < -0.3 is 19.1 Å². The number of likely N-dealkylation sites (tertiary alicyclic amines) is 1. The molecule has 1 atom stereocenters. The summed E-state index contributed by atoms with van der Waals surface area (Å²) in [6.07, 6.45) is 1.20. The predicted molar refractivity (Wildman–Crippen MR) is 128 cm³/mol. The van der Waals surface area contributed by atoms with Gasteiger partial charge in [0.25, 0.3) is 11.8 Å². The molecule has 3 aromatic rings. The van der Waals surface area contributed by atoms with Crippen LogP contribution in [0.15, 0.2) is 42.5 Å². The molecule has 1 aliphatic heterocycles. The smallest absolute Gasteiger partial charge is 0.257 e. The van der Waals surface area contributed by atoms with E-state index in [-0.39, 0.29) is 11.8 Å². The molecule has 1 saturated heterocycles. The third-order valence-corrected chi connectivity index (χ3v) is 5.96. The van der Waals surface area contributed by atoms with Crippen molar-refractivity contribution in [2.75, 3.05) is 25.5 Å². The van der Waals surface area contributed by atoms with Gasteiger partial charge in [-0.05, 0) is 49.7 Å². The van der Waals surface area contributed by atoms with E-state index < -0.39 is 6.29 Å². The summed E-state index contributed by atoms with van der Waals surface area (Å²) >= 11 is 1.11. The highest BCUT2D eigenvalue weighted by Crippen LogP contribution is 2.29. The summed E-state index contributed by atoms with van der Waals surface area (Å²) in [4.78, 5) is 31.2. The van der Waals surface area contributed by atoms with Crippen LogP contribution in [-0.4, -0.2) is 52.6 Å². The Labute approximate surface area is 201 Å². The van der Waals surface area contributed by atoms with E-state index in [2.05, 4.69) is 14.7 Å². The van der Waals surface area contributed by atoms with E-state index >= 15 is 0 Å². The first kappa shape index (κ1) is 23.7. The van der Waals surface area contributed by atoms with Gasteiger partial charge in [-0.25, -0.2) is 4.98 Å². The minimum absolute atomic E-state index is 0.0178. The Morgan fingerprint density at radius 1 is 1.09 bits per heavy atom. The number of carbonyl (C=O) groups is 2. The zero-order chi connectivity index (χ0) is 24.1. The average Bonchev–Trinajstić information content (AvgIpc) is 3.21. The Morgan fingerprint density at radius 3 is 2.41 bits per heavy atom. The summed E-state index contributed by atoms with van der Waals surface area (Å²) in [6.45, 7) is 5.28. The van der Waals surface area contributed by atoms with E-state index in [1.807, 2.05) is 6.92 Å². The Balaban J connectivity index is 1.55. The fraction of sp³-hybridized carbons (Fsp3) is 0.333. The van der Waals surface area contributed by atoms with Gasteiger partial charge in [-0.1, -0.05) is 6.92 Å². The molecule has 2 amide bonds. The average molecular weight is 483 g/mol. The number of nitrogens with zero attached hydrogens (tertiary/aromatic N) is 3. The van der Waals surface area contributed by atoms with E-state index in [0.29, 0.717) is 45.8 Å². The van der Waals surface area contributed by atoms with E-state index in [1.165, 1.54) is 0 Å². The van der Waals surface area contributed by atoms with Crippen molar-refractivity contribution in [1.82, 2.24) is 14.3 Å². The molecule has 1 unspecified atom stereocenters. The predicted octanol–water partition coefficient (Wildman–Crippen LogP) is 4.50. The maximum Gasteiger partial charge on any atom is 0.257 e. The molecule has 34 heavy (non-hydrogen) atoms. The summed E-state index contributed by atoms with van der Waals surface area (Å²) in [7, 11) is 1.56. The first-order valence-corrected chi connectivity index (χ1v) is 11.8. The van der Waals surface area contributed by atoms with Gasteiger partial charge in [-0.15, -0.1) is 0 Å². The van der Waals surface area contributed by atoms with Gasteiger partial charge in [0.2, 0.25) is 5.13 Å². The van der Waals surface area contributed by atoms with Crippen LogP contribution in [0.5, 0.6) is 17.2 Å². The second-order valence-corrected chi connectivity index (χ2v) is 8.51. The molecule has 10 heteroatoms. The third kappa shape index (κ3) is 5.70. The molecule has 4 rings (SSSR count). The molecule has 0 saturated carbocycles. The van der Waals surface area contributed by atoms with Crippen LogP contribution in [0.25, 0.3) is 0 Å². The number of rotatable bonds is 9. The molecule has 1 aliphatic rings. The van der Waals surface area contributed by atoms with Crippen molar-refractivity contribution < 1.29 is 23.8 Å². The number of carbonyl (C=O) groups excluding carboxylic acids is 2. The van der Waals surface area contributed by atoms with E-state index in [4.69, 9.17) is 14.2 Å². The third-order valence-electron chi connectivity index (χ3n) is 5.23. The van der Waals surface area contributed by atoms with Crippen LogP contribution in [0, 0.1) is 6.92 Å². The van der Waals surface area contributed by atoms with Crippen molar-refractivity contribution >= 4 is 28.5 Å². The molecule has 0 radical (unpaired) electrons. The van der Waals surface area contributed by atoms with E-state index in [9.17, 15) is 9.59 Å². The number of amides is 2. The second-order valence-electron chi connectivity index (χ2n) is 7.76. The fourth-order valence-electron chi connectivity index (χ4n) is 3.30. The minimum Gasteiger partial charge on any atom is -0.465 e. The molecular weight excluding hydrogens is 456 g/mol. The zero-order valence-electron chi connectivity index (χ0n) is 19.2. The van der Waals surface area contributed by atoms with Gasteiger partial charge in [0.15, 0.2) is 6.29 Å². The van der Waals surface area contributed by atoms with Crippen molar-refractivity contribution in [3.8, 4) is 17.2 Å². The molecule has 1 N–H and O–H groups in total. The Hall–Kier alpha value is -3.50. The Morgan fingerprint density at radius 2 is 1.82 bits per heavy atom. The van der Waals surface area contributed by atoms with Crippen molar-refractivity contribution in [1.29, 1.82) is 0 Å². The number of hydrogen-bond donors (Lipinski definition) is 1. The molecule has 9 nitrogen and oxygen atoms in total. The molecule has 1 aromatic heterocycles. The molecule has 1 fully saturated rings. The zero-order valence-corrected chi connectivity index (χ0v) is 20.1. The van der Waals surface area contributed by atoms with Gasteiger partial charge in [0.1, 0.15) is 23.1 Å². The van der Waals surface area contributed by atoms with Crippen LogP contribution in [0.3, 0.4) is 0 Å². The monoisotopic (exact) mass is 482 g/mol. The number of hydrogen-bond acceptors (Lipinski definition) is 8. The number of nitrogens with one attached hydrogen (secondary N) is 1. The fourth-order valence-corrected chi connectivity index (χ4v) is 3.87. The first-order chi connectivity index (χ1) is 16.4. The number of benzene rings is 2. The van der Waals surface area contributed by atoms with Crippen molar-refractivity contribution in [3.05, 3.63) is 59.4 Å².